The van der Waals surface area contributed by atoms with E-state index in [1.54, 1.807) is 11.3 Å². The molecule has 7 nitrogen and oxygen atoms in total. The second-order valence-corrected chi connectivity index (χ2v) is 7.63. The van der Waals surface area contributed by atoms with E-state index in [0.29, 0.717) is 10.2 Å². The van der Waals surface area contributed by atoms with E-state index in [4.69, 9.17) is 16.2 Å². The minimum Gasteiger partial charge on any atom is -0.472 e. The maximum absolute atomic E-state index is 11.7. The smallest absolute Gasteiger partial charge is 0.260 e. The Bertz CT molecular complexity index is 905. The number of nitrogen functional groups attached to an aromatic ring is 1. The van der Waals surface area contributed by atoms with Crippen LogP contribution in [-0.2, 0) is 17.4 Å². The molecule has 120 valence electrons. The second-order valence-electron chi connectivity index (χ2n) is 4.57. The van der Waals surface area contributed by atoms with Gasteiger partial charge in [0.15, 0.2) is 0 Å². The molecule has 10 heteroatoms. The molecule has 0 spiro atoms. The van der Waals surface area contributed by atoms with Gasteiger partial charge >= 0.3 is 0 Å². The second kappa shape index (κ2) is 6.22. The summed E-state index contributed by atoms with van der Waals surface area (Å²) in [4.78, 5) is 20.5. The van der Waals surface area contributed by atoms with Crippen molar-refractivity contribution in [2.45, 2.75) is 11.8 Å². The number of rotatable bonds is 5. The van der Waals surface area contributed by atoms with Crippen molar-refractivity contribution in [3.8, 4) is 5.88 Å². The quantitative estimate of drug-likeness (QED) is 0.662. The Morgan fingerprint density at radius 2 is 2.22 bits per heavy atom. The lowest BCUT2D eigenvalue weighted by atomic mass is 10.3. The Labute approximate surface area is 141 Å². The normalized spacial score (nSPS) is 12.4. The van der Waals surface area contributed by atoms with Gasteiger partial charge in [0.05, 0.1) is 21.9 Å². The van der Waals surface area contributed by atoms with Crippen molar-refractivity contribution in [3.05, 3.63) is 27.3 Å². The molecule has 0 saturated heterocycles. The van der Waals surface area contributed by atoms with Crippen molar-refractivity contribution in [3.63, 3.8) is 0 Å². The van der Waals surface area contributed by atoms with Crippen LogP contribution in [0.15, 0.2) is 22.0 Å². The molecular formula is C13H12N4O3S3. The van der Waals surface area contributed by atoms with Crippen LogP contribution in [0.2, 0.25) is 0 Å². The van der Waals surface area contributed by atoms with E-state index in [1.807, 2.05) is 16.8 Å². The third-order valence-electron chi connectivity index (χ3n) is 2.97. The molecule has 3 heterocycles. The van der Waals surface area contributed by atoms with Gasteiger partial charge in [0.1, 0.15) is 16.3 Å². The molecular weight excluding hydrogens is 356 g/mol. The molecule has 0 bridgehead atoms. The number of fused-ring (bicyclic) bond motifs is 1. The third kappa shape index (κ3) is 3.05. The first-order valence-electron chi connectivity index (χ1n) is 6.34. The summed E-state index contributed by atoms with van der Waals surface area (Å²) in [6.45, 7) is 0.284. The molecule has 0 aliphatic rings. The van der Waals surface area contributed by atoms with Crippen molar-refractivity contribution in [1.82, 2.24) is 9.97 Å². The molecule has 3 aromatic heterocycles. The number of nitrogens with two attached hydrogens (primary N) is 2. The van der Waals surface area contributed by atoms with Gasteiger partial charge < -0.3 is 16.2 Å². The summed E-state index contributed by atoms with van der Waals surface area (Å²) in [6.07, 6.45) is 1.47. The fourth-order valence-electron chi connectivity index (χ4n) is 1.91. The van der Waals surface area contributed by atoms with E-state index in [-0.39, 0.29) is 28.2 Å². The van der Waals surface area contributed by atoms with Crippen LogP contribution in [0.1, 0.15) is 15.2 Å². The van der Waals surface area contributed by atoms with E-state index in [1.165, 1.54) is 6.26 Å². The molecule has 1 atom stereocenters. The zero-order chi connectivity index (χ0) is 16.6. The number of thiophene rings is 2. The Morgan fingerprint density at radius 3 is 2.83 bits per heavy atom. The SMILES string of the molecule is CS(=O)c1nc(OCc2ccsc2)c2c(N)c(C(N)=O)sc2n1. The lowest BCUT2D eigenvalue weighted by Gasteiger charge is -2.07. The van der Waals surface area contributed by atoms with Gasteiger partial charge in [-0.25, -0.2) is 4.98 Å². The fourth-order valence-corrected chi connectivity index (χ4v) is 3.99. The highest BCUT2D eigenvalue weighted by Crippen LogP contribution is 2.38. The number of aromatic nitrogens is 2. The number of anilines is 1. The van der Waals surface area contributed by atoms with Gasteiger partial charge in [-0.05, 0) is 16.8 Å². The molecule has 0 radical (unpaired) electrons. The van der Waals surface area contributed by atoms with E-state index < -0.39 is 16.7 Å². The average molecular weight is 368 g/mol. The van der Waals surface area contributed by atoms with Gasteiger partial charge in [0.2, 0.25) is 11.0 Å². The molecule has 0 aliphatic carbocycles. The zero-order valence-corrected chi connectivity index (χ0v) is 14.4. The van der Waals surface area contributed by atoms with Crippen molar-refractivity contribution in [2.24, 2.45) is 5.73 Å². The lowest BCUT2D eigenvalue weighted by molar-refractivity contribution is 0.100. The fraction of sp³-hybridized carbons (Fsp3) is 0.154. The van der Waals surface area contributed by atoms with Crippen LogP contribution in [0.5, 0.6) is 5.88 Å². The van der Waals surface area contributed by atoms with Gasteiger partial charge in [-0.2, -0.15) is 16.3 Å². The Kier molecular flexibility index (Phi) is 4.28. The van der Waals surface area contributed by atoms with Crippen molar-refractivity contribution in [2.75, 3.05) is 12.0 Å². The topological polar surface area (TPSA) is 121 Å². The maximum Gasteiger partial charge on any atom is 0.260 e. The molecule has 1 unspecified atom stereocenters. The summed E-state index contributed by atoms with van der Waals surface area (Å²) >= 11 is 2.59. The van der Waals surface area contributed by atoms with Gasteiger partial charge in [0.25, 0.3) is 5.91 Å². The lowest BCUT2D eigenvalue weighted by Crippen LogP contribution is -2.10. The highest BCUT2D eigenvalue weighted by molar-refractivity contribution is 7.84. The molecule has 0 saturated carbocycles. The predicted octanol–water partition coefficient (Wildman–Crippen LogP) is 1.75. The summed E-state index contributed by atoms with van der Waals surface area (Å²) in [6, 6.07) is 1.92. The number of nitrogens with zero attached hydrogens (tertiary/aromatic N) is 2. The standard InChI is InChI=1S/C13H12N4O3S3/c1-23(19)13-16-11(20-4-6-2-3-21-5-6)7-8(14)9(10(15)18)22-12(7)17-13/h2-3,5H,4,14H2,1H3,(H2,15,18). The van der Waals surface area contributed by atoms with Crippen LogP contribution in [0.25, 0.3) is 10.2 Å². The van der Waals surface area contributed by atoms with E-state index in [2.05, 4.69) is 9.97 Å². The largest absolute Gasteiger partial charge is 0.472 e. The molecule has 0 fully saturated rings. The summed E-state index contributed by atoms with van der Waals surface area (Å²) in [5, 5.41) is 4.43. The number of ether oxygens (including phenoxy) is 1. The molecule has 0 aromatic carbocycles. The third-order valence-corrected chi connectivity index (χ3v) is 5.51. The molecule has 4 N–H and O–H groups in total. The highest BCUT2D eigenvalue weighted by atomic mass is 32.2. The number of amides is 1. The first kappa shape index (κ1) is 15.8. The monoisotopic (exact) mass is 368 g/mol. The minimum atomic E-state index is -1.39. The predicted molar refractivity (Wildman–Crippen MR) is 91.3 cm³/mol. The number of carbonyl (C=O) groups is 1. The van der Waals surface area contributed by atoms with Crippen molar-refractivity contribution < 1.29 is 13.7 Å². The van der Waals surface area contributed by atoms with Crippen molar-refractivity contribution in [1.29, 1.82) is 0 Å². The Hall–Kier alpha value is -2.04. The first-order valence-corrected chi connectivity index (χ1v) is 9.66. The van der Waals surface area contributed by atoms with Gasteiger partial charge in [-0.1, -0.05) is 0 Å². The summed E-state index contributed by atoms with van der Waals surface area (Å²) in [5.41, 5.74) is 12.5. The molecule has 0 aliphatic heterocycles. The Balaban J connectivity index is 2.12. The van der Waals surface area contributed by atoms with Crippen LogP contribution in [0, 0.1) is 0 Å². The van der Waals surface area contributed by atoms with E-state index >= 15 is 0 Å². The minimum absolute atomic E-state index is 0.120. The number of primary amides is 1. The number of carbonyl (C=O) groups excluding carboxylic acids is 1. The summed E-state index contributed by atoms with van der Waals surface area (Å²) in [5.74, 6) is -0.443. The summed E-state index contributed by atoms with van der Waals surface area (Å²) in [7, 11) is -1.39. The molecule has 23 heavy (non-hydrogen) atoms. The van der Waals surface area contributed by atoms with Crippen molar-refractivity contribution >= 4 is 55.3 Å². The first-order chi connectivity index (χ1) is 11.0. The molecule has 3 rings (SSSR count). The van der Waals surface area contributed by atoms with Crippen LogP contribution in [0.4, 0.5) is 5.69 Å². The zero-order valence-electron chi connectivity index (χ0n) is 11.9. The number of hydrogen-bond acceptors (Lipinski definition) is 8. The van der Waals surface area contributed by atoms with Crippen LogP contribution in [-0.4, -0.2) is 26.3 Å². The van der Waals surface area contributed by atoms with E-state index in [0.717, 1.165) is 16.9 Å². The number of hydrogen-bond donors (Lipinski definition) is 2. The average Bonchev–Trinajstić information content (AvgIpc) is 3.12. The summed E-state index contributed by atoms with van der Waals surface area (Å²) < 4.78 is 17.4. The highest BCUT2D eigenvalue weighted by Gasteiger charge is 2.21. The van der Waals surface area contributed by atoms with Crippen LogP contribution >= 0.6 is 22.7 Å². The van der Waals surface area contributed by atoms with Crippen LogP contribution < -0.4 is 16.2 Å². The van der Waals surface area contributed by atoms with Gasteiger partial charge in [-0.3, -0.25) is 9.00 Å². The van der Waals surface area contributed by atoms with Crippen LogP contribution in [0.3, 0.4) is 0 Å². The van der Waals surface area contributed by atoms with E-state index in [9.17, 15) is 9.00 Å². The van der Waals surface area contributed by atoms with Gasteiger partial charge in [0, 0.05) is 11.8 Å². The maximum atomic E-state index is 11.7. The Morgan fingerprint density at radius 1 is 1.43 bits per heavy atom. The molecule has 3 aromatic rings. The molecule has 1 amide bonds. The van der Waals surface area contributed by atoms with Gasteiger partial charge in [-0.15, -0.1) is 11.3 Å².